The molecule has 0 aliphatic rings. The molecule has 3 aromatic rings. The first kappa shape index (κ1) is 17.0. The number of carbonyl (C=O) groups excluding carboxylic acids is 1. The van der Waals surface area contributed by atoms with Gasteiger partial charge in [-0.15, -0.1) is 0 Å². The number of carbonyl (C=O) groups is 2. The molecule has 3 aromatic carbocycles. The number of benzene rings is 3. The van der Waals surface area contributed by atoms with Gasteiger partial charge in [-0.25, -0.2) is 4.79 Å². The molecular weight excluding hydrogens is 330 g/mol. The maximum Gasteiger partial charge on any atom is 0.409 e. The number of rotatable bonds is 4. The van der Waals surface area contributed by atoms with Crippen molar-refractivity contribution in [3.05, 3.63) is 78.4 Å². The summed E-state index contributed by atoms with van der Waals surface area (Å²) < 4.78 is 0. The molecule has 6 nitrogen and oxygen atoms in total. The fourth-order valence-corrected chi connectivity index (χ4v) is 2.50. The molecule has 0 bridgehead atoms. The summed E-state index contributed by atoms with van der Waals surface area (Å²) >= 11 is 0. The Hall–Kier alpha value is -3.80. The van der Waals surface area contributed by atoms with E-state index < -0.39 is 6.09 Å². The molecule has 5 N–H and O–H groups in total. The molecule has 0 fully saturated rings. The highest BCUT2D eigenvalue weighted by Gasteiger charge is 2.10. The summed E-state index contributed by atoms with van der Waals surface area (Å²) in [4.78, 5) is 23.1. The van der Waals surface area contributed by atoms with Crippen LogP contribution in [0.4, 0.5) is 21.9 Å². The summed E-state index contributed by atoms with van der Waals surface area (Å²) in [5, 5.41) is 13.7. The molecule has 2 amide bonds. The van der Waals surface area contributed by atoms with Crippen molar-refractivity contribution in [1.82, 2.24) is 0 Å². The Balaban J connectivity index is 1.79. The van der Waals surface area contributed by atoms with Crippen LogP contribution in [0.5, 0.6) is 0 Å². The molecule has 0 atom stereocenters. The maximum absolute atomic E-state index is 12.4. The van der Waals surface area contributed by atoms with E-state index in [1.54, 1.807) is 6.07 Å². The van der Waals surface area contributed by atoms with Gasteiger partial charge >= 0.3 is 6.09 Å². The molecule has 0 unspecified atom stereocenters. The van der Waals surface area contributed by atoms with Gasteiger partial charge in [-0.3, -0.25) is 10.1 Å². The normalized spacial score (nSPS) is 10.2. The number of hydrogen-bond donors (Lipinski definition) is 4. The van der Waals surface area contributed by atoms with E-state index in [1.165, 1.54) is 24.3 Å². The molecule has 0 radical (unpaired) electrons. The van der Waals surface area contributed by atoms with Crippen LogP contribution >= 0.6 is 0 Å². The van der Waals surface area contributed by atoms with Crippen molar-refractivity contribution >= 4 is 29.1 Å². The van der Waals surface area contributed by atoms with Gasteiger partial charge < -0.3 is 16.2 Å². The second kappa shape index (κ2) is 7.40. The quantitative estimate of drug-likeness (QED) is 0.529. The predicted octanol–water partition coefficient (Wildman–Crippen LogP) is 4.28. The van der Waals surface area contributed by atoms with Gasteiger partial charge in [0, 0.05) is 11.3 Å². The van der Waals surface area contributed by atoms with Crippen molar-refractivity contribution in [3.63, 3.8) is 0 Å². The molecule has 26 heavy (non-hydrogen) atoms. The van der Waals surface area contributed by atoms with Crippen molar-refractivity contribution in [1.29, 1.82) is 0 Å². The van der Waals surface area contributed by atoms with E-state index in [9.17, 15) is 9.59 Å². The third kappa shape index (κ3) is 3.99. The van der Waals surface area contributed by atoms with E-state index in [1.807, 2.05) is 42.5 Å². The molecule has 0 aliphatic carbocycles. The van der Waals surface area contributed by atoms with Gasteiger partial charge in [-0.2, -0.15) is 0 Å². The minimum atomic E-state index is -1.16. The monoisotopic (exact) mass is 347 g/mol. The maximum atomic E-state index is 12.4. The van der Waals surface area contributed by atoms with E-state index >= 15 is 0 Å². The van der Waals surface area contributed by atoms with Gasteiger partial charge in [0.2, 0.25) is 0 Å². The van der Waals surface area contributed by atoms with Crippen molar-refractivity contribution in [2.24, 2.45) is 0 Å². The first-order valence-corrected chi connectivity index (χ1v) is 7.89. The zero-order valence-electron chi connectivity index (χ0n) is 13.8. The summed E-state index contributed by atoms with van der Waals surface area (Å²) in [6.07, 6.45) is -1.16. The van der Waals surface area contributed by atoms with Crippen LogP contribution in [0.25, 0.3) is 11.1 Å². The highest BCUT2D eigenvalue weighted by atomic mass is 16.4. The average Bonchev–Trinajstić information content (AvgIpc) is 2.64. The summed E-state index contributed by atoms with van der Waals surface area (Å²) in [5.41, 5.74) is 9.70. The van der Waals surface area contributed by atoms with E-state index in [0.29, 0.717) is 22.6 Å². The molecule has 130 valence electrons. The molecule has 0 saturated heterocycles. The zero-order valence-corrected chi connectivity index (χ0v) is 13.8. The lowest BCUT2D eigenvalue weighted by Crippen LogP contribution is -2.13. The number of anilines is 3. The lowest BCUT2D eigenvalue weighted by atomic mass is 10.0. The topological polar surface area (TPSA) is 104 Å². The van der Waals surface area contributed by atoms with Crippen LogP contribution in [0.2, 0.25) is 0 Å². The SMILES string of the molecule is Nc1ccc(-c2ccccc2)cc1NC(=O)c1ccc(NC(=O)O)cc1. The third-order valence-electron chi connectivity index (χ3n) is 3.81. The minimum Gasteiger partial charge on any atom is -0.465 e. The van der Waals surface area contributed by atoms with Crippen LogP contribution in [0, 0.1) is 0 Å². The Kier molecular flexibility index (Phi) is 4.85. The van der Waals surface area contributed by atoms with Gasteiger partial charge in [0.15, 0.2) is 0 Å². The number of nitrogen functional groups attached to an aromatic ring is 1. The molecule has 0 spiro atoms. The van der Waals surface area contributed by atoms with Gasteiger partial charge in [-0.05, 0) is 47.5 Å². The van der Waals surface area contributed by atoms with Crippen LogP contribution in [-0.2, 0) is 0 Å². The van der Waals surface area contributed by atoms with Crippen LogP contribution in [0.15, 0.2) is 72.8 Å². The summed E-state index contributed by atoms with van der Waals surface area (Å²) in [6.45, 7) is 0. The molecule has 0 heterocycles. The van der Waals surface area contributed by atoms with Gasteiger partial charge in [0.25, 0.3) is 5.91 Å². The molecule has 3 rings (SSSR count). The Morgan fingerprint density at radius 2 is 1.50 bits per heavy atom. The number of amides is 2. The smallest absolute Gasteiger partial charge is 0.409 e. The number of nitrogens with one attached hydrogen (secondary N) is 2. The molecular formula is C20H17N3O3. The second-order valence-electron chi connectivity index (χ2n) is 5.63. The summed E-state index contributed by atoms with van der Waals surface area (Å²) in [7, 11) is 0. The minimum absolute atomic E-state index is 0.330. The zero-order chi connectivity index (χ0) is 18.5. The number of hydrogen-bond acceptors (Lipinski definition) is 3. The molecule has 0 aliphatic heterocycles. The van der Waals surface area contributed by atoms with Crippen molar-refractivity contribution in [2.45, 2.75) is 0 Å². The van der Waals surface area contributed by atoms with E-state index in [4.69, 9.17) is 10.8 Å². The van der Waals surface area contributed by atoms with Gasteiger partial charge in [0.1, 0.15) is 0 Å². The summed E-state index contributed by atoms with van der Waals surface area (Å²) in [5.74, 6) is -0.330. The van der Waals surface area contributed by atoms with E-state index in [-0.39, 0.29) is 5.91 Å². The second-order valence-corrected chi connectivity index (χ2v) is 5.63. The molecule has 0 saturated carbocycles. The Labute approximate surface area is 150 Å². The van der Waals surface area contributed by atoms with Crippen LogP contribution in [0.3, 0.4) is 0 Å². The Bertz CT molecular complexity index is 938. The average molecular weight is 347 g/mol. The first-order chi connectivity index (χ1) is 12.5. The highest BCUT2D eigenvalue weighted by molar-refractivity contribution is 6.06. The van der Waals surface area contributed by atoms with Crippen LogP contribution in [0.1, 0.15) is 10.4 Å². The predicted molar refractivity (Wildman–Crippen MR) is 102 cm³/mol. The van der Waals surface area contributed by atoms with Crippen molar-refractivity contribution < 1.29 is 14.7 Å². The van der Waals surface area contributed by atoms with E-state index in [2.05, 4.69) is 10.6 Å². The molecule has 6 heteroatoms. The van der Waals surface area contributed by atoms with E-state index in [0.717, 1.165) is 11.1 Å². The fraction of sp³-hybridized carbons (Fsp3) is 0. The van der Waals surface area contributed by atoms with Gasteiger partial charge in [-0.1, -0.05) is 36.4 Å². The Morgan fingerprint density at radius 1 is 0.808 bits per heavy atom. The van der Waals surface area contributed by atoms with Crippen molar-refractivity contribution in [2.75, 3.05) is 16.4 Å². The number of carboxylic acid groups (broad SMARTS) is 1. The van der Waals surface area contributed by atoms with Crippen LogP contribution < -0.4 is 16.4 Å². The van der Waals surface area contributed by atoms with Gasteiger partial charge in [0.05, 0.1) is 11.4 Å². The number of nitrogens with two attached hydrogens (primary N) is 1. The third-order valence-corrected chi connectivity index (χ3v) is 3.81. The summed E-state index contributed by atoms with van der Waals surface area (Å²) in [6, 6.07) is 21.4. The first-order valence-electron chi connectivity index (χ1n) is 7.89. The van der Waals surface area contributed by atoms with Crippen LogP contribution in [-0.4, -0.2) is 17.1 Å². The standard InChI is InChI=1S/C20H17N3O3/c21-17-11-8-15(13-4-2-1-3-5-13)12-18(17)23-19(24)14-6-9-16(10-7-14)22-20(25)26/h1-12,22H,21H2,(H,23,24)(H,25,26). The highest BCUT2D eigenvalue weighted by Crippen LogP contribution is 2.27. The largest absolute Gasteiger partial charge is 0.465 e. The lowest BCUT2D eigenvalue weighted by Gasteiger charge is -2.11. The Morgan fingerprint density at radius 3 is 2.15 bits per heavy atom. The lowest BCUT2D eigenvalue weighted by molar-refractivity contribution is 0.102. The van der Waals surface area contributed by atoms with Crippen molar-refractivity contribution in [3.8, 4) is 11.1 Å². The fourth-order valence-electron chi connectivity index (χ4n) is 2.50. The molecule has 0 aromatic heterocycles.